The molecule has 82 valence electrons. The first-order chi connectivity index (χ1) is 7.63. The van der Waals surface area contributed by atoms with Crippen molar-refractivity contribution < 1.29 is 0 Å². The van der Waals surface area contributed by atoms with E-state index in [1.807, 2.05) is 25.1 Å². The van der Waals surface area contributed by atoms with Gasteiger partial charge in [-0.3, -0.25) is 0 Å². The summed E-state index contributed by atoms with van der Waals surface area (Å²) in [6.07, 6.45) is 0.605. The van der Waals surface area contributed by atoms with Crippen LogP contribution in [0.2, 0.25) is 5.28 Å². The van der Waals surface area contributed by atoms with Crippen LogP contribution in [0.5, 0.6) is 0 Å². The molecule has 2 aromatic rings. The van der Waals surface area contributed by atoms with Gasteiger partial charge < -0.3 is 5.73 Å². The summed E-state index contributed by atoms with van der Waals surface area (Å²) in [6, 6.07) is 8.13. The average molecular weight is 235 g/mol. The Kier molecular flexibility index (Phi) is 3.01. The maximum atomic E-state index is 5.71. The number of aryl methyl sites for hydroxylation is 1. The SMILES string of the molecule is Cc1cccc(Cc2nc(N)nc(Cl)n2)c1. The van der Waals surface area contributed by atoms with Gasteiger partial charge in [0, 0.05) is 6.42 Å². The molecule has 2 rings (SSSR count). The van der Waals surface area contributed by atoms with Gasteiger partial charge in [-0.05, 0) is 24.1 Å². The second kappa shape index (κ2) is 4.45. The minimum atomic E-state index is 0.134. The molecule has 0 unspecified atom stereocenters. The lowest BCUT2D eigenvalue weighted by Crippen LogP contribution is -2.03. The molecule has 0 bridgehead atoms. The van der Waals surface area contributed by atoms with E-state index in [0.29, 0.717) is 12.2 Å². The molecule has 1 heterocycles. The first kappa shape index (κ1) is 10.8. The van der Waals surface area contributed by atoms with Crippen molar-refractivity contribution in [3.63, 3.8) is 0 Å². The zero-order valence-electron chi connectivity index (χ0n) is 8.81. The van der Waals surface area contributed by atoms with Gasteiger partial charge in [0.2, 0.25) is 11.2 Å². The number of nitrogens with zero attached hydrogens (tertiary/aromatic N) is 3. The fourth-order valence-corrected chi connectivity index (χ4v) is 1.68. The Morgan fingerprint density at radius 3 is 2.75 bits per heavy atom. The quantitative estimate of drug-likeness (QED) is 0.863. The minimum absolute atomic E-state index is 0.134. The first-order valence-electron chi connectivity index (χ1n) is 4.85. The van der Waals surface area contributed by atoms with Crippen molar-refractivity contribution in [3.8, 4) is 0 Å². The topological polar surface area (TPSA) is 64.7 Å². The van der Waals surface area contributed by atoms with Crippen molar-refractivity contribution >= 4 is 17.5 Å². The van der Waals surface area contributed by atoms with Crippen molar-refractivity contribution in [2.24, 2.45) is 0 Å². The van der Waals surface area contributed by atoms with Crippen LogP contribution >= 0.6 is 11.6 Å². The molecule has 0 aliphatic heterocycles. The van der Waals surface area contributed by atoms with Crippen molar-refractivity contribution in [1.82, 2.24) is 15.0 Å². The summed E-state index contributed by atoms with van der Waals surface area (Å²) in [7, 11) is 0. The number of nitrogen functional groups attached to an aromatic ring is 1. The second-order valence-electron chi connectivity index (χ2n) is 3.54. The normalized spacial score (nSPS) is 10.4. The number of hydrogen-bond donors (Lipinski definition) is 1. The summed E-state index contributed by atoms with van der Waals surface area (Å²) in [4.78, 5) is 11.8. The fourth-order valence-electron chi connectivity index (χ4n) is 1.49. The van der Waals surface area contributed by atoms with Crippen LogP contribution in [-0.2, 0) is 6.42 Å². The van der Waals surface area contributed by atoms with Crippen LogP contribution < -0.4 is 5.73 Å². The Morgan fingerprint density at radius 1 is 1.25 bits per heavy atom. The molecule has 2 N–H and O–H groups in total. The lowest BCUT2D eigenvalue weighted by molar-refractivity contribution is 0.929. The van der Waals surface area contributed by atoms with Crippen LogP contribution in [0.15, 0.2) is 24.3 Å². The van der Waals surface area contributed by atoms with Crippen LogP contribution in [-0.4, -0.2) is 15.0 Å². The molecule has 0 aliphatic rings. The summed E-state index contributed by atoms with van der Waals surface area (Å²) < 4.78 is 0. The molecule has 0 saturated carbocycles. The third-order valence-corrected chi connectivity index (χ3v) is 2.29. The maximum Gasteiger partial charge on any atom is 0.227 e. The Bertz CT molecular complexity index is 493. The van der Waals surface area contributed by atoms with Crippen molar-refractivity contribution in [2.45, 2.75) is 13.3 Å². The first-order valence-corrected chi connectivity index (χ1v) is 5.23. The van der Waals surface area contributed by atoms with Crippen LogP contribution in [0.25, 0.3) is 0 Å². The second-order valence-corrected chi connectivity index (χ2v) is 3.88. The lowest BCUT2D eigenvalue weighted by Gasteiger charge is -2.02. The smallest absolute Gasteiger partial charge is 0.227 e. The molecule has 1 aromatic carbocycles. The zero-order valence-corrected chi connectivity index (χ0v) is 9.57. The summed E-state index contributed by atoms with van der Waals surface area (Å²) in [5.74, 6) is 0.741. The summed E-state index contributed by atoms with van der Waals surface area (Å²) >= 11 is 5.71. The summed E-state index contributed by atoms with van der Waals surface area (Å²) in [5.41, 5.74) is 7.82. The summed E-state index contributed by atoms with van der Waals surface area (Å²) in [5, 5.41) is 0.134. The molecule has 0 radical (unpaired) electrons. The highest BCUT2D eigenvalue weighted by atomic mass is 35.5. The van der Waals surface area contributed by atoms with E-state index in [4.69, 9.17) is 17.3 Å². The van der Waals surface area contributed by atoms with Gasteiger partial charge in [-0.2, -0.15) is 9.97 Å². The number of benzene rings is 1. The van der Waals surface area contributed by atoms with Gasteiger partial charge in [-0.1, -0.05) is 29.8 Å². The monoisotopic (exact) mass is 234 g/mol. The predicted molar refractivity (Wildman–Crippen MR) is 63.2 cm³/mol. The molecule has 0 amide bonds. The molecule has 0 aliphatic carbocycles. The minimum Gasteiger partial charge on any atom is -0.368 e. The molecule has 4 nitrogen and oxygen atoms in total. The van der Waals surface area contributed by atoms with Gasteiger partial charge in [0.15, 0.2) is 0 Å². The number of rotatable bonds is 2. The van der Waals surface area contributed by atoms with E-state index in [9.17, 15) is 0 Å². The van der Waals surface area contributed by atoms with Gasteiger partial charge in [0.05, 0.1) is 0 Å². The number of nitrogens with two attached hydrogens (primary N) is 1. The fraction of sp³-hybridized carbons (Fsp3) is 0.182. The van der Waals surface area contributed by atoms with E-state index in [-0.39, 0.29) is 11.2 Å². The van der Waals surface area contributed by atoms with Gasteiger partial charge in [0.25, 0.3) is 0 Å². The lowest BCUT2D eigenvalue weighted by atomic mass is 10.1. The van der Waals surface area contributed by atoms with Gasteiger partial charge in [-0.25, -0.2) is 4.98 Å². The zero-order chi connectivity index (χ0) is 11.5. The molecular formula is C11H11ClN4. The van der Waals surface area contributed by atoms with E-state index in [1.165, 1.54) is 5.56 Å². The Balaban J connectivity index is 2.27. The van der Waals surface area contributed by atoms with Crippen molar-refractivity contribution in [1.29, 1.82) is 0 Å². The highest BCUT2D eigenvalue weighted by Gasteiger charge is 2.03. The van der Waals surface area contributed by atoms with E-state index >= 15 is 0 Å². The molecule has 0 spiro atoms. The number of aromatic nitrogens is 3. The Hall–Kier alpha value is -1.68. The standard InChI is InChI=1S/C11H11ClN4/c1-7-3-2-4-8(5-7)6-9-14-10(12)16-11(13)15-9/h2-5H,6H2,1H3,(H2,13,14,15,16). The Morgan fingerprint density at radius 2 is 2.06 bits per heavy atom. The van der Waals surface area contributed by atoms with Crippen LogP contribution in [0.4, 0.5) is 5.95 Å². The van der Waals surface area contributed by atoms with Crippen molar-refractivity contribution in [3.05, 3.63) is 46.5 Å². The molecular weight excluding hydrogens is 224 g/mol. The predicted octanol–water partition coefficient (Wildman–Crippen LogP) is 2.01. The van der Waals surface area contributed by atoms with Crippen LogP contribution in [0.1, 0.15) is 17.0 Å². The number of halogens is 1. The van der Waals surface area contributed by atoms with Crippen LogP contribution in [0, 0.1) is 6.92 Å². The van der Waals surface area contributed by atoms with E-state index in [0.717, 1.165) is 5.56 Å². The number of hydrogen-bond acceptors (Lipinski definition) is 4. The largest absolute Gasteiger partial charge is 0.368 e. The molecule has 0 atom stereocenters. The molecule has 5 heteroatoms. The third kappa shape index (κ3) is 2.67. The highest BCUT2D eigenvalue weighted by molar-refractivity contribution is 6.28. The maximum absolute atomic E-state index is 5.71. The average Bonchev–Trinajstić information content (AvgIpc) is 2.15. The number of anilines is 1. The molecule has 16 heavy (non-hydrogen) atoms. The van der Waals surface area contributed by atoms with Gasteiger partial charge in [-0.15, -0.1) is 0 Å². The molecule has 1 aromatic heterocycles. The van der Waals surface area contributed by atoms with Crippen molar-refractivity contribution in [2.75, 3.05) is 5.73 Å². The molecule has 0 saturated heterocycles. The van der Waals surface area contributed by atoms with E-state index in [2.05, 4.69) is 21.0 Å². The van der Waals surface area contributed by atoms with Crippen LogP contribution in [0.3, 0.4) is 0 Å². The van der Waals surface area contributed by atoms with Gasteiger partial charge in [0.1, 0.15) is 5.82 Å². The molecule has 0 fully saturated rings. The summed E-state index contributed by atoms with van der Waals surface area (Å²) in [6.45, 7) is 2.04. The van der Waals surface area contributed by atoms with Gasteiger partial charge >= 0.3 is 0 Å². The van der Waals surface area contributed by atoms with E-state index < -0.39 is 0 Å². The Labute approximate surface area is 98.5 Å². The third-order valence-electron chi connectivity index (χ3n) is 2.12. The van der Waals surface area contributed by atoms with E-state index in [1.54, 1.807) is 0 Å². The highest BCUT2D eigenvalue weighted by Crippen LogP contribution is 2.10.